The standard InChI is InChI=1S/C21H26FN3O3S/c22-16-4-6-21(7-5-16)29(26,27)24-18-2-1-3-20(14-18)25-11-8-17(9-12-25)23-19-10-13-28-15-19/h1-7,14,17,19,23-24H,8-13,15H2/t19-/m1/s1. The van der Waals surface area contributed by atoms with Crippen molar-refractivity contribution in [3.8, 4) is 0 Å². The first-order valence-electron chi connectivity index (χ1n) is 9.97. The normalized spacial score (nSPS) is 20.7. The third kappa shape index (κ3) is 5.07. The molecule has 0 bridgehead atoms. The van der Waals surface area contributed by atoms with Crippen LogP contribution in [-0.4, -0.2) is 46.8 Å². The Morgan fingerprint density at radius 1 is 1.00 bits per heavy atom. The Bertz CT molecular complexity index is 922. The van der Waals surface area contributed by atoms with Crippen LogP contribution in [0.5, 0.6) is 0 Å². The smallest absolute Gasteiger partial charge is 0.261 e. The molecule has 2 fully saturated rings. The van der Waals surface area contributed by atoms with E-state index in [2.05, 4.69) is 14.9 Å². The van der Waals surface area contributed by atoms with Gasteiger partial charge in [0.15, 0.2) is 0 Å². The van der Waals surface area contributed by atoms with E-state index in [0.717, 1.165) is 63.4 Å². The van der Waals surface area contributed by atoms with Gasteiger partial charge in [-0.25, -0.2) is 12.8 Å². The number of benzene rings is 2. The molecule has 4 rings (SSSR count). The minimum Gasteiger partial charge on any atom is -0.380 e. The van der Waals surface area contributed by atoms with E-state index in [1.165, 1.54) is 12.1 Å². The van der Waals surface area contributed by atoms with Crippen molar-refractivity contribution in [3.05, 3.63) is 54.3 Å². The Kier molecular flexibility index (Phi) is 6.03. The number of rotatable bonds is 6. The largest absolute Gasteiger partial charge is 0.380 e. The van der Waals surface area contributed by atoms with E-state index in [1.54, 1.807) is 6.07 Å². The fraction of sp³-hybridized carbons (Fsp3) is 0.429. The predicted octanol–water partition coefficient (Wildman–Crippen LogP) is 2.97. The third-order valence-corrected chi connectivity index (χ3v) is 6.88. The number of sulfonamides is 1. The zero-order valence-electron chi connectivity index (χ0n) is 16.2. The summed E-state index contributed by atoms with van der Waals surface area (Å²) in [6.07, 6.45) is 3.17. The zero-order chi connectivity index (χ0) is 20.3. The van der Waals surface area contributed by atoms with Gasteiger partial charge in [-0.05, 0) is 61.7 Å². The van der Waals surface area contributed by atoms with Gasteiger partial charge in [0.25, 0.3) is 10.0 Å². The van der Waals surface area contributed by atoms with Crippen LogP contribution < -0.4 is 14.9 Å². The average molecular weight is 420 g/mol. The Hall–Kier alpha value is -2.16. The summed E-state index contributed by atoms with van der Waals surface area (Å²) in [5, 5.41) is 3.68. The number of ether oxygens (including phenoxy) is 1. The lowest BCUT2D eigenvalue weighted by molar-refractivity contribution is 0.186. The van der Waals surface area contributed by atoms with Gasteiger partial charge < -0.3 is 15.0 Å². The molecule has 156 valence electrons. The van der Waals surface area contributed by atoms with Crippen LogP contribution in [0, 0.1) is 5.82 Å². The number of nitrogens with one attached hydrogen (secondary N) is 2. The fourth-order valence-electron chi connectivity index (χ4n) is 3.90. The van der Waals surface area contributed by atoms with Crippen molar-refractivity contribution in [2.45, 2.75) is 36.2 Å². The van der Waals surface area contributed by atoms with Gasteiger partial charge >= 0.3 is 0 Å². The van der Waals surface area contributed by atoms with E-state index in [9.17, 15) is 12.8 Å². The first-order valence-corrected chi connectivity index (χ1v) is 11.5. The van der Waals surface area contributed by atoms with Crippen molar-refractivity contribution < 1.29 is 17.5 Å². The molecule has 0 spiro atoms. The minimum atomic E-state index is -3.76. The zero-order valence-corrected chi connectivity index (χ0v) is 17.0. The second-order valence-corrected chi connectivity index (χ2v) is 9.28. The SMILES string of the molecule is O=S(=O)(Nc1cccc(N2CCC(N[C@@H]3CCOC3)CC2)c1)c1ccc(F)cc1. The predicted molar refractivity (Wildman–Crippen MR) is 111 cm³/mol. The molecule has 8 heteroatoms. The Morgan fingerprint density at radius 3 is 2.45 bits per heavy atom. The van der Waals surface area contributed by atoms with Gasteiger partial charge in [0.05, 0.1) is 17.2 Å². The van der Waals surface area contributed by atoms with Crippen molar-refractivity contribution >= 4 is 21.4 Å². The summed E-state index contributed by atoms with van der Waals surface area (Å²) in [5.74, 6) is -0.468. The summed E-state index contributed by atoms with van der Waals surface area (Å²) in [6.45, 7) is 3.48. The molecule has 0 aliphatic carbocycles. The van der Waals surface area contributed by atoms with Crippen molar-refractivity contribution in [2.24, 2.45) is 0 Å². The Labute approximate surface area is 171 Å². The van der Waals surface area contributed by atoms with E-state index in [4.69, 9.17) is 4.74 Å². The van der Waals surface area contributed by atoms with Crippen molar-refractivity contribution in [1.29, 1.82) is 0 Å². The molecular formula is C21H26FN3O3S. The fourth-order valence-corrected chi connectivity index (χ4v) is 4.95. The monoisotopic (exact) mass is 419 g/mol. The van der Waals surface area contributed by atoms with Crippen LogP contribution in [0.25, 0.3) is 0 Å². The molecule has 2 heterocycles. The molecule has 29 heavy (non-hydrogen) atoms. The molecule has 0 unspecified atom stereocenters. The van der Waals surface area contributed by atoms with E-state index in [0.29, 0.717) is 17.8 Å². The highest BCUT2D eigenvalue weighted by Crippen LogP contribution is 2.25. The summed E-state index contributed by atoms with van der Waals surface area (Å²) in [6, 6.07) is 13.2. The molecule has 2 aromatic carbocycles. The Balaban J connectivity index is 1.38. The average Bonchev–Trinajstić information content (AvgIpc) is 3.22. The highest BCUT2D eigenvalue weighted by Gasteiger charge is 2.24. The van der Waals surface area contributed by atoms with Gasteiger partial charge in [-0.3, -0.25) is 4.72 Å². The van der Waals surface area contributed by atoms with Crippen LogP contribution >= 0.6 is 0 Å². The van der Waals surface area contributed by atoms with Gasteiger partial charge in [0.1, 0.15) is 5.82 Å². The van der Waals surface area contributed by atoms with Crippen LogP contribution in [0.2, 0.25) is 0 Å². The maximum absolute atomic E-state index is 13.1. The van der Waals surface area contributed by atoms with Gasteiger partial charge in [-0.15, -0.1) is 0 Å². The summed E-state index contributed by atoms with van der Waals surface area (Å²) in [4.78, 5) is 2.31. The first-order chi connectivity index (χ1) is 14.0. The maximum Gasteiger partial charge on any atom is 0.261 e. The molecular weight excluding hydrogens is 393 g/mol. The van der Waals surface area contributed by atoms with Crippen LogP contribution in [-0.2, 0) is 14.8 Å². The molecule has 2 saturated heterocycles. The molecule has 1 atom stereocenters. The van der Waals surface area contributed by atoms with E-state index in [-0.39, 0.29) is 4.90 Å². The molecule has 6 nitrogen and oxygen atoms in total. The van der Waals surface area contributed by atoms with Crippen LogP contribution in [0.3, 0.4) is 0 Å². The van der Waals surface area contributed by atoms with Crippen molar-refractivity contribution in [2.75, 3.05) is 35.9 Å². The number of anilines is 2. The second kappa shape index (κ2) is 8.69. The molecule has 2 aliphatic heterocycles. The van der Waals surface area contributed by atoms with Crippen molar-refractivity contribution in [1.82, 2.24) is 5.32 Å². The number of piperidine rings is 1. The summed E-state index contributed by atoms with van der Waals surface area (Å²) >= 11 is 0. The van der Waals surface area contributed by atoms with E-state index in [1.807, 2.05) is 18.2 Å². The van der Waals surface area contributed by atoms with Crippen LogP contribution in [0.1, 0.15) is 19.3 Å². The van der Waals surface area contributed by atoms with Crippen LogP contribution in [0.15, 0.2) is 53.4 Å². The van der Waals surface area contributed by atoms with E-state index < -0.39 is 15.8 Å². The molecule has 0 saturated carbocycles. The molecule has 0 amide bonds. The van der Waals surface area contributed by atoms with E-state index >= 15 is 0 Å². The number of hydrogen-bond donors (Lipinski definition) is 2. The number of hydrogen-bond acceptors (Lipinski definition) is 5. The lowest BCUT2D eigenvalue weighted by Crippen LogP contribution is -2.46. The van der Waals surface area contributed by atoms with Gasteiger partial charge in [0, 0.05) is 37.5 Å². The highest BCUT2D eigenvalue weighted by atomic mass is 32.2. The van der Waals surface area contributed by atoms with Crippen LogP contribution in [0.4, 0.5) is 15.8 Å². The minimum absolute atomic E-state index is 0.0343. The highest BCUT2D eigenvalue weighted by molar-refractivity contribution is 7.92. The lowest BCUT2D eigenvalue weighted by atomic mass is 10.0. The molecule has 0 aromatic heterocycles. The third-order valence-electron chi connectivity index (χ3n) is 5.48. The molecule has 2 N–H and O–H groups in total. The number of halogens is 1. The first kappa shape index (κ1) is 20.1. The summed E-state index contributed by atoms with van der Waals surface area (Å²) in [5.41, 5.74) is 1.49. The molecule has 2 aromatic rings. The number of nitrogens with zero attached hydrogens (tertiary/aromatic N) is 1. The molecule has 0 radical (unpaired) electrons. The van der Waals surface area contributed by atoms with Crippen molar-refractivity contribution in [3.63, 3.8) is 0 Å². The molecule has 2 aliphatic rings. The quantitative estimate of drug-likeness (QED) is 0.753. The second-order valence-electron chi connectivity index (χ2n) is 7.60. The Morgan fingerprint density at radius 2 is 1.76 bits per heavy atom. The van der Waals surface area contributed by atoms with Gasteiger partial charge in [0.2, 0.25) is 0 Å². The lowest BCUT2D eigenvalue weighted by Gasteiger charge is -2.35. The maximum atomic E-state index is 13.1. The topological polar surface area (TPSA) is 70.7 Å². The van der Waals surface area contributed by atoms with Gasteiger partial charge in [-0.2, -0.15) is 0 Å². The van der Waals surface area contributed by atoms with Gasteiger partial charge in [-0.1, -0.05) is 6.07 Å². The summed E-state index contributed by atoms with van der Waals surface area (Å²) in [7, 11) is -3.76. The summed E-state index contributed by atoms with van der Waals surface area (Å²) < 4.78 is 46.2.